The maximum atomic E-state index is 9.15. The van der Waals surface area contributed by atoms with Gasteiger partial charge in [0.15, 0.2) is 0 Å². The van der Waals surface area contributed by atoms with Crippen LogP contribution in [0.15, 0.2) is 0 Å². The highest BCUT2D eigenvalue weighted by atomic mass is 16.5. The van der Waals surface area contributed by atoms with Crippen molar-refractivity contribution >= 4 is 0 Å². The number of aliphatic hydroxyl groups is 2. The Bertz CT molecular complexity index is 271. The average molecular weight is 401 g/mol. The SMILES string of the molecule is CCCCCCCCCCCCCCCCCCCCCCOC[C@@H](O)CO. The Morgan fingerprint density at radius 2 is 0.857 bits per heavy atom. The van der Waals surface area contributed by atoms with E-state index in [4.69, 9.17) is 14.9 Å². The van der Waals surface area contributed by atoms with Crippen molar-refractivity contribution in [3.8, 4) is 0 Å². The van der Waals surface area contributed by atoms with Gasteiger partial charge in [0.25, 0.3) is 0 Å². The lowest BCUT2D eigenvalue weighted by Gasteiger charge is -2.08. The smallest absolute Gasteiger partial charge is 0.100 e. The van der Waals surface area contributed by atoms with Crippen molar-refractivity contribution in [2.24, 2.45) is 0 Å². The molecule has 0 unspecified atom stereocenters. The number of hydrogen-bond acceptors (Lipinski definition) is 3. The number of unbranched alkanes of at least 4 members (excludes halogenated alkanes) is 19. The van der Waals surface area contributed by atoms with Gasteiger partial charge in [0.05, 0.1) is 13.2 Å². The molecule has 0 aromatic heterocycles. The predicted molar refractivity (Wildman–Crippen MR) is 122 cm³/mol. The molecule has 0 aliphatic rings. The molecule has 0 saturated carbocycles. The van der Waals surface area contributed by atoms with Crippen molar-refractivity contribution in [1.29, 1.82) is 0 Å². The molecule has 0 saturated heterocycles. The van der Waals surface area contributed by atoms with Crippen molar-refractivity contribution < 1.29 is 14.9 Å². The topological polar surface area (TPSA) is 49.7 Å². The minimum atomic E-state index is -0.717. The third kappa shape index (κ3) is 23.9. The summed E-state index contributed by atoms with van der Waals surface area (Å²) < 4.78 is 5.31. The highest BCUT2D eigenvalue weighted by molar-refractivity contribution is 4.52. The van der Waals surface area contributed by atoms with Gasteiger partial charge in [-0.3, -0.25) is 0 Å². The van der Waals surface area contributed by atoms with Crippen LogP contribution in [0.4, 0.5) is 0 Å². The summed E-state index contributed by atoms with van der Waals surface area (Å²) in [6, 6.07) is 0. The molecule has 3 nitrogen and oxygen atoms in total. The van der Waals surface area contributed by atoms with E-state index >= 15 is 0 Å². The minimum absolute atomic E-state index is 0.209. The molecule has 0 spiro atoms. The van der Waals surface area contributed by atoms with Crippen LogP contribution in [0.1, 0.15) is 135 Å². The van der Waals surface area contributed by atoms with Crippen LogP contribution < -0.4 is 0 Å². The van der Waals surface area contributed by atoms with Gasteiger partial charge in [-0.25, -0.2) is 0 Å². The molecule has 0 aromatic rings. The summed E-state index contributed by atoms with van der Waals surface area (Å²) in [7, 11) is 0. The second-order valence-corrected chi connectivity index (χ2v) is 8.63. The fourth-order valence-corrected chi connectivity index (χ4v) is 3.73. The van der Waals surface area contributed by atoms with Gasteiger partial charge < -0.3 is 14.9 Å². The molecular weight excluding hydrogens is 348 g/mol. The number of rotatable bonds is 24. The van der Waals surface area contributed by atoms with E-state index in [9.17, 15) is 0 Å². The molecule has 2 N–H and O–H groups in total. The molecule has 0 fully saturated rings. The Morgan fingerprint density at radius 1 is 0.536 bits per heavy atom. The Hall–Kier alpha value is -0.120. The first-order valence-electron chi connectivity index (χ1n) is 12.7. The van der Waals surface area contributed by atoms with Gasteiger partial charge in [-0.05, 0) is 6.42 Å². The normalized spacial score (nSPS) is 12.5. The lowest BCUT2D eigenvalue weighted by molar-refractivity contribution is 0.00526. The highest BCUT2D eigenvalue weighted by Gasteiger charge is 2.00. The van der Waals surface area contributed by atoms with E-state index in [-0.39, 0.29) is 13.2 Å². The second-order valence-electron chi connectivity index (χ2n) is 8.63. The third-order valence-electron chi connectivity index (χ3n) is 5.66. The van der Waals surface area contributed by atoms with Crippen LogP contribution in [0.3, 0.4) is 0 Å². The zero-order valence-electron chi connectivity index (χ0n) is 19.1. The third-order valence-corrected chi connectivity index (χ3v) is 5.66. The molecule has 0 aliphatic heterocycles. The van der Waals surface area contributed by atoms with Crippen molar-refractivity contribution in [1.82, 2.24) is 0 Å². The molecular formula is C25H52O3. The van der Waals surface area contributed by atoms with Gasteiger partial charge in [-0.1, -0.05) is 129 Å². The van der Waals surface area contributed by atoms with Crippen molar-refractivity contribution in [3.63, 3.8) is 0 Å². The van der Waals surface area contributed by atoms with Crippen LogP contribution in [-0.4, -0.2) is 36.1 Å². The summed E-state index contributed by atoms with van der Waals surface area (Å²) in [6.07, 6.45) is 27.2. The summed E-state index contributed by atoms with van der Waals surface area (Å²) in [6.45, 7) is 3.04. The Kier molecular flexibility index (Phi) is 24.8. The van der Waals surface area contributed by atoms with E-state index in [1.54, 1.807) is 0 Å². The van der Waals surface area contributed by atoms with Crippen LogP contribution in [0.25, 0.3) is 0 Å². The van der Waals surface area contributed by atoms with Gasteiger partial charge in [-0.15, -0.1) is 0 Å². The van der Waals surface area contributed by atoms with Gasteiger partial charge in [0.2, 0.25) is 0 Å². The average Bonchev–Trinajstić information content (AvgIpc) is 2.71. The molecule has 3 heteroatoms. The maximum Gasteiger partial charge on any atom is 0.100 e. The first kappa shape index (κ1) is 27.9. The van der Waals surface area contributed by atoms with E-state index < -0.39 is 6.10 Å². The first-order valence-corrected chi connectivity index (χ1v) is 12.7. The number of ether oxygens (including phenoxy) is 1. The van der Waals surface area contributed by atoms with Gasteiger partial charge >= 0.3 is 0 Å². The summed E-state index contributed by atoms with van der Waals surface area (Å²) in [5, 5.41) is 17.8. The Morgan fingerprint density at radius 3 is 1.18 bits per heavy atom. The van der Waals surface area contributed by atoms with E-state index in [1.165, 1.54) is 122 Å². The summed E-state index contributed by atoms with van der Waals surface area (Å²) in [5.41, 5.74) is 0. The van der Waals surface area contributed by atoms with Gasteiger partial charge in [-0.2, -0.15) is 0 Å². The van der Waals surface area contributed by atoms with Crippen LogP contribution in [-0.2, 0) is 4.74 Å². The van der Waals surface area contributed by atoms with Crippen LogP contribution in [0, 0.1) is 0 Å². The fraction of sp³-hybridized carbons (Fsp3) is 1.00. The van der Waals surface area contributed by atoms with E-state index in [1.807, 2.05) is 0 Å². The Labute approximate surface area is 176 Å². The maximum absolute atomic E-state index is 9.15. The van der Waals surface area contributed by atoms with Crippen molar-refractivity contribution in [2.45, 2.75) is 141 Å². The zero-order valence-corrected chi connectivity index (χ0v) is 19.1. The van der Waals surface area contributed by atoms with E-state index in [0.29, 0.717) is 6.61 Å². The molecule has 170 valence electrons. The number of aliphatic hydroxyl groups excluding tert-OH is 2. The highest BCUT2D eigenvalue weighted by Crippen LogP contribution is 2.14. The molecule has 0 aliphatic carbocycles. The molecule has 0 heterocycles. The first-order chi connectivity index (χ1) is 13.8. The molecule has 0 aromatic carbocycles. The summed E-state index contributed by atoms with van der Waals surface area (Å²) in [5.74, 6) is 0. The lowest BCUT2D eigenvalue weighted by Crippen LogP contribution is -2.19. The quantitative estimate of drug-likeness (QED) is 0.169. The van der Waals surface area contributed by atoms with Gasteiger partial charge in [0, 0.05) is 6.61 Å². The molecule has 0 amide bonds. The predicted octanol–water partition coefficient (Wildman–Crippen LogP) is 7.18. The molecule has 0 radical (unpaired) electrons. The van der Waals surface area contributed by atoms with E-state index in [0.717, 1.165) is 6.42 Å². The fourth-order valence-electron chi connectivity index (χ4n) is 3.73. The molecule has 28 heavy (non-hydrogen) atoms. The monoisotopic (exact) mass is 400 g/mol. The lowest BCUT2D eigenvalue weighted by atomic mass is 10.0. The van der Waals surface area contributed by atoms with Crippen molar-refractivity contribution in [3.05, 3.63) is 0 Å². The Balaban J connectivity index is 3.00. The van der Waals surface area contributed by atoms with E-state index in [2.05, 4.69) is 6.92 Å². The molecule has 1 atom stereocenters. The molecule has 0 rings (SSSR count). The van der Waals surface area contributed by atoms with Crippen LogP contribution in [0.5, 0.6) is 0 Å². The summed E-state index contributed by atoms with van der Waals surface area (Å²) >= 11 is 0. The minimum Gasteiger partial charge on any atom is -0.394 e. The second kappa shape index (κ2) is 24.9. The van der Waals surface area contributed by atoms with Crippen LogP contribution in [0.2, 0.25) is 0 Å². The largest absolute Gasteiger partial charge is 0.394 e. The van der Waals surface area contributed by atoms with Gasteiger partial charge in [0.1, 0.15) is 6.10 Å². The standard InChI is InChI=1S/C25H52O3/c1-2-3-4-5-6-7-8-9-10-11-12-13-14-15-16-17-18-19-20-21-22-28-24-25(27)23-26/h25-27H,2-24H2,1H3/t25-/m0/s1. The van der Waals surface area contributed by atoms with Crippen LogP contribution >= 0.6 is 0 Å². The number of hydrogen-bond donors (Lipinski definition) is 2. The molecule has 0 bridgehead atoms. The van der Waals surface area contributed by atoms with Crippen molar-refractivity contribution in [2.75, 3.05) is 19.8 Å². The zero-order chi connectivity index (χ0) is 20.5. The summed E-state index contributed by atoms with van der Waals surface area (Å²) in [4.78, 5) is 0.